The van der Waals surface area contributed by atoms with Crippen LogP contribution in [0.5, 0.6) is 0 Å². The molecular formula is C18H19ClN2O2S2. The predicted octanol–water partition coefficient (Wildman–Crippen LogP) is 4.18. The van der Waals surface area contributed by atoms with Crippen LogP contribution in [0.15, 0.2) is 41.8 Å². The van der Waals surface area contributed by atoms with E-state index >= 15 is 0 Å². The molecule has 1 saturated heterocycles. The van der Waals surface area contributed by atoms with Crippen LogP contribution in [-0.2, 0) is 4.79 Å². The maximum Gasteiger partial charge on any atom is 0.255 e. The monoisotopic (exact) mass is 394 g/mol. The van der Waals surface area contributed by atoms with Gasteiger partial charge in [-0.2, -0.15) is 0 Å². The lowest BCUT2D eigenvalue weighted by atomic mass is 10.1. The van der Waals surface area contributed by atoms with Crippen molar-refractivity contribution in [2.75, 3.05) is 12.3 Å². The fourth-order valence-electron chi connectivity index (χ4n) is 2.71. The van der Waals surface area contributed by atoms with Gasteiger partial charge in [0.15, 0.2) is 0 Å². The Balaban J connectivity index is 1.90. The number of nitrogens with one attached hydrogen (secondary N) is 1. The number of amides is 2. The van der Waals surface area contributed by atoms with E-state index in [2.05, 4.69) is 5.32 Å². The van der Waals surface area contributed by atoms with Crippen LogP contribution in [0.2, 0.25) is 5.02 Å². The number of hydrogen-bond donors (Lipinski definition) is 1. The van der Waals surface area contributed by atoms with Gasteiger partial charge in [-0.1, -0.05) is 24.6 Å². The summed E-state index contributed by atoms with van der Waals surface area (Å²) < 4.78 is 0. The smallest absolute Gasteiger partial charge is 0.255 e. The lowest BCUT2D eigenvalue weighted by Gasteiger charge is -2.28. The van der Waals surface area contributed by atoms with E-state index < -0.39 is 6.04 Å². The summed E-state index contributed by atoms with van der Waals surface area (Å²) in [4.78, 5) is 28.5. The van der Waals surface area contributed by atoms with Gasteiger partial charge in [0.05, 0.1) is 0 Å². The van der Waals surface area contributed by atoms with Crippen molar-refractivity contribution in [1.82, 2.24) is 10.2 Å². The summed E-state index contributed by atoms with van der Waals surface area (Å²) in [6.45, 7) is 2.63. The highest BCUT2D eigenvalue weighted by Crippen LogP contribution is 2.43. The van der Waals surface area contributed by atoms with E-state index in [4.69, 9.17) is 11.6 Å². The van der Waals surface area contributed by atoms with Crippen molar-refractivity contribution < 1.29 is 9.59 Å². The molecule has 0 unspecified atom stereocenters. The largest absolute Gasteiger partial charge is 0.354 e. The van der Waals surface area contributed by atoms with Crippen molar-refractivity contribution in [2.45, 2.75) is 24.8 Å². The molecule has 3 rings (SSSR count). The molecule has 2 atom stereocenters. The zero-order chi connectivity index (χ0) is 17.8. The van der Waals surface area contributed by atoms with E-state index in [0.29, 0.717) is 22.9 Å². The van der Waals surface area contributed by atoms with Crippen LogP contribution in [0.3, 0.4) is 0 Å². The number of benzene rings is 1. The molecule has 0 bridgehead atoms. The summed E-state index contributed by atoms with van der Waals surface area (Å²) in [5, 5.41) is 5.36. The second-order valence-corrected chi connectivity index (χ2v) is 8.26. The first-order valence-electron chi connectivity index (χ1n) is 8.12. The van der Waals surface area contributed by atoms with E-state index in [1.54, 1.807) is 52.3 Å². The van der Waals surface area contributed by atoms with Crippen LogP contribution in [0.25, 0.3) is 0 Å². The number of halogens is 1. The Morgan fingerprint density at radius 3 is 2.68 bits per heavy atom. The number of rotatable bonds is 5. The summed E-state index contributed by atoms with van der Waals surface area (Å²) in [6, 6.07) is 10.3. The molecular weight excluding hydrogens is 376 g/mol. The van der Waals surface area contributed by atoms with Gasteiger partial charge in [0, 0.05) is 27.8 Å². The summed E-state index contributed by atoms with van der Waals surface area (Å²) in [5.41, 5.74) is 0.543. The maximum atomic E-state index is 13.1. The third kappa shape index (κ3) is 4.02. The molecule has 1 aromatic carbocycles. The van der Waals surface area contributed by atoms with Gasteiger partial charge in [-0.25, -0.2) is 0 Å². The number of carbonyl (C=O) groups excluding carboxylic acids is 2. The molecule has 1 aliphatic rings. The molecule has 1 fully saturated rings. The standard InChI is InChI=1S/C18H19ClN2O2S2/c1-2-9-20-16(22)14-11-25-18(15-4-3-10-24-15)21(14)17(23)12-5-7-13(19)8-6-12/h3-8,10,14,18H,2,9,11H2,1H3,(H,20,22)/t14-,18-/m1/s1. The number of thioether (sulfide) groups is 1. The van der Waals surface area contributed by atoms with Crippen molar-refractivity contribution >= 4 is 46.5 Å². The minimum atomic E-state index is -0.466. The SMILES string of the molecule is CCCNC(=O)[C@H]1CS[C@H](c2cccs2)N1C(=O)c1ccc(Cl)cc1. The zero-order valence-corrected chi connectivity index (χ0v) is 16.2. The fourth-order valence-corrected chi connectivity index (χ4v) is 5.24. The van der Waals surface area contributed by atoms with Crippen molar-refractivity contribution in [3.63, 3.8) is 0 Å². The minimum Gasteiger partial charge on any atom is -0.354 e. The van der Waals surface area contributed by atoms with E-state index in [0.717, 1.165) is 11.3 Å². The average Bonchev–Trinajstić information content (AvgIpc) is 3.28. The number of thiophene rings is 1. The first-order chi connectivity index (χ1) is 12.1. The Morgan fingerprint density at radius 1 is 1.28 bits per heavy atom. The highest BCUT2D eigenvalue weighted by atomic mass is 35.5. The number of hydrogen-bond acceptors (Lipinski definition) is 4. The normalized spacial score (nSPS) is 19.8. The van der Waals surface area contributed by atoms with Gasteiger partial charge < -0.3 is 10.2 Å². The lowest BCUT2D eigenvalue weighted by molar-refractivity contribution is -0.124. The Bertz CT molecular complexity index is 734. The third-order valence-electron chi connectivity index (χ3n) is 3.96. The van der Waals surface area contributed by atoms with Crippen molar-refractivity contribution in [2.24, 2.45) is 0 Å². The number of carbonyl (C=O) groups is 2. The predicted molar refractivity (Wildman–Crippen MR) is 104 cm³/mol. The second kappa shape index (κ2) is 8.25. The summed E-state index contributed by atoms with van der Waals surface area (Å²) >= 11 is 9.17. The molecule has 2 amide bonds. The highest BCUT2D eigenvalue weighted by molar-refractivity contribution is 7.99. The molecule has 0 radical (unpaired) electrons. The fraction of sp³-hybridized carbons (Fsp3) is 0.333. The highest BCUT2D eigenvalue weighted by Gasteiger charge is 2.42. The quantitative estimate of drug-likeness (QED) is 0.827. The Hall–Kier alpha value is -1.50. The van der Waals surface area contributed by atoms with Crippen LogP contribution in [0.1, 0.15) is 34.0 Å². The van der Waals surface area contributed by atoms with Gasteiger partial charge in [-0.3, -0.25) is 9.59 Å². The zero-order valence-electron chi connectivity index (χ0n) is 13.8. The topological polar surface area (TPSA) is 49.4 Å². The number of nitrogens with zero attached hydrogens (tertiary/aromatic N) is 1. The molecule has 7 heteroatoms. The summed E-state index contributed by atoms with van der Waals surface area (Å²) in [6.07, 6.45) is 0.866. The summed E-state index contributed by atoms with van der Waals surface area (Å²) in [5.74, 6) is 0.365. The van der Waals surface area contributed by atoms with Crippen LogP contribution in [0, 0.1) is 0 Å². The van der Waals surface area contributed by atoms with Crippen LogP contribution in [-0.4, -0.2) is 35.1 Å². The summed E-state index contributed by atoms with van der Waals surface area (Å²) in [7, 11) is 0. The first kappa shape index (κ1) is 18.3. The van der Waals surface area contributed by atoms with Gasteiger partial charge in [0.25, 0.3) is 5.91 Å². The lowest BCUT2D eigenvalue weighted by Crippen LogP contribution is -2.48. The van der Waals surface area contributed by atoms with Gasteiger partial charge in [-0.15, -0.1) is 23.1 Å². The first-order valence-corrected chi connectivity index (χ1v) is 10.4. The maximum absolute atomic E-state index is 13.1. The van der Waals surface area contributed by atoms with Crippen LogP contribution >= 0.6 is 34.7 Å². The van der Waals surface area contributed by atoms with E-state index in [9.17, 15) is 9.59 Å². The third-order valence-corrected chi connectivity index (χ3v) is 6.60. The Morgan fingerprint density at radius 2 is 2.04 bits per heavy atom. The molecule has 25 heavy (non-hydrogen) atoms. The van der Waals surface area contributed by atoms with Crippen molar-refractivity contribution in [1.29, 1.82) is 0 Å². The van der Waals surface area contributed by atoms with Crippen LogP contribution < -0.4 is 5.32 Å². The molecule has 2 heterocycles. The molecule has 1 N–H and O–H groups in total. The second-order valence-electron chi connectivity index (χ2n) is 5.73. The molecule has 1 aromatic heterocycles. The van der Waals surface area contributed by atoms with Gasteiger partial charge in [-0.05, 0) is 42.1 Å². The molecule has 0 aliphatic carbocycles. The van der Waals surface area contributed by atoms with Gasteiger partial charge >= 0.3 is 0 Å². The van der Waals surface area contributed by atoms with Crippen molar-refractivity contribution in [3.05, 3.63) is 57.2 Å². The molecule has 0 spiro atoms. The Labute approximate surface area is 160 Å². The van der Waals surface area contributed by atoms with Crippen LogP contribution in [0.4, 0.5) is 0 Å². The van der Waals surface area contributed by atoms with E-state index in [1.807, 2.05) is 24.4 Å². The molecule has 2 aromatic rings. The van der Waals surface area contributed by atoms with Crippen molar-refractivity contribution in [3.8, 4) is 0 Å². The molecule has 132 valence electrons. The molecule has 4 nitrogen and oxygen atoms in total. The van der Waals surface area contributed by atoms with E-state index in [-0.39, 0.29) is 17.2 Å². The molecule has 0 saturated carbocycles. The molecule has 1 aliphatic heterocycles. The minimum absolute atomic E-state index is 0.0873. The van der Waals surface area contributed by atoms with Gasteiger partial charge in [0.2, 0.25) is 5.91 Å². The van der Waals surface area contributed by atoms with E-state index in [1.165, 1.54) is 0 Å². The average molecular weight is 395 g/mol. The van der Waals surface area contributed by atoms with Gasteiger partial charge in [0.1, 0.15) is 11.4 Å². The Kier molecular flexibility index (Phi) is 6.04.